The Morgan fingerprint density at radius 2 is 2.28 bits per heavy atom. The summed E-state index contributed by atoms with van der Waals surface area (Å²) in [4.78, 5) is 24.4. The normalized spacial score (nSPS) is 19.9. The molecule has 0 bridgehead atoms. The first-order valence-corrected chi connectivity index (χ1v) is 6.12. The van der Waals surface area contributed by atoms with E-state index in [-0.39, 0.29) is 5.91 Å². The van der Waals surface area contributed by atoms with E-state index in [4.69, 9.17) is 5.11 Å². The Hall–Kier alpha value is -1.84. The quantitative estimate of drug-likeness (QED) is 0.886. The van der Waals surface area contributed by atoms with Gasteiger partial charge in [-0.15, -0.1) is 0 Å². The highest BCUT2D eigenvalue weighted by Crippen LogP contribution is 2.20. The SMILES string of the molecule is Cc1cccc(CN2CC(C(=O)O)CCC2=O)c1. The van der Waals surface area contributed by atoms with Gasteiger partial charge < -0.3 is 10.0 Å². The maximum atomic E-state index is 11.8. The second-order valence-electron chi connectivity index (χ2n) is 4.84. The molecule has 1 amide bonds. The van der Waals surface area contributed by atoms with Crippen LogP contribution in [-0.4, -0.2) is 28.4 Å². The zero-order valence-electron chi connectivity index (χ0n) is 10.4. The minimum absolute atomic E-state index is 0.0500. The molecule has 1 saturated heterocycles. The first kappa shape index (κ1) is 12.6. The molecule has 4 heteroatoms. The van der Waals surface area contributed by atoms with Gasteiger partial charge in [0.15, 0.2) is 0 Å². The van der Waals surface area contributed by atoms with Gasteiger partial charge in [0.1, 0.15) is 0 Å². The highest BCUT2D eigenvalue weighted by atomic mass is 16.4. The molecule has 2 rings (SSSR count). The van der Waals surface area contributed by atoms with Crippen LogP contribution in [0, 0.1) is 12.8 Å². The van der Waals surface area contributed by atoms with E-state index in [0.717, 1.165) is 11.1 Å². The first-order chi connectivity index (χ1) is 8.56. The van der Waals surface area contributed by atoms with Crippen molar-refractivity contribution in [3.63, 3.8) is 0 Å². The number of amides is 1. The van der Waals surface area contributed by atoms with Crippen molar-refractivity contribution < 1.29 is 14.7 Å². The fraction of sp³-hybridized carbons (Fsp3) is 0.429. The van der Waals surface area contributed by atoms with Crippen molar-refractivity contribution in [1.82, 2.24) is 4.90 Å². The van der Waals surface area contributed by atoms with Gasteiger partial charge in [-0.2, -0.15) is 0 Å². The zero-order valence-corrected chi connectivity index (χ0v) is 10.4. The van der Waals surface area contributed by atoms with E-state index in [1.807, 2.05) is 31.2 Å². The number of rotatable bonds is 3. The molecular weight excluding hydrogens is 230 g/mol. The molecule has 1 aromatic carbocycles. The molecule has 1 N–H and O–H groups in total. The molecular formula is C14H17NO3. The third kappa shape index (κ3) is 2.88. The van der Waals surface area contributed by atoms with Crippen LogP contribution in [-0.2, 0) is 16.1 Å². The van der Waals surface area contributed by atoms with E-state index < -0.39 is 11.9 Å². The summed E-state index contributed by atoms with van der Waals surface area (Å²) in [5, 5.41) is 9.01. The summed E-state index contributed by atoms with van der Waals surface area (Å²) in [6, 6.07) is 7.94. The Kier molecular flexibility index (Phi) is 3.65. The van der Waals surface area contributed by atoms with Gasteiger partial charge in [-0.1, -0.05) is 29.8 Å². The van der Waals surface area contributed by atoms with Gasteiger partial charge in [0.05, 0.1) is 5.92 Å². The lowest BCUT2D eigenvalue weighted by Crippen LogP contribution is -2.42. The van der Waals surface area contributed by atoms with Crippen LogP contribution in [0.1, 0.15) is 24.0 Å². The molecule has 1 aromatic rings. The molecule has 0 radical (unpaired) electrons. The van der Waals surface area contributed by atoms with Crippen LogP contribution in [0.4, 0.5) is 0 Å². The summed E-state index contributed by atoms with van der Waals surface area (Å²) in [5.41, 5.74) is 2.20. The molecule has 18 heavy (non-hydrogen) atoms. The van der Waals surface area contributed by atoms with E-state index in [1.54, 1.807) is 4.90 Å². The van der Waals surface area contributed by atoms with Gasteiger partial charge in [-0.25, -0.2) is 0 Å². The largest absolute Gasteiger partial charge is 0.481 e. The minimum atomic E-state index is -0.809. The maximum absolute atomic E-state index is 11.8. The number of carboxylic acid groups (broad SMARTS) is 1. The van der Waals surface area contributed by atoms with E-state index in [9.17, 15) is 9.59 Å². The van der Waals surface area contributed by atoms with Crippen molar-refractivity contribution in [1.29, 1.82) is 0 Å². The van der Waals surface area contributed by atoms with Crippen molar-refractivity contribution in [2.45, 2.75) is 26.3 Å². The maximum Gasteiger partial charge on any atom is 0.308 e. The summed E-state index contributed by atoms with van der Waals surface area (Å²) in [6.45, 7) is 2.83. The van der Waals surface area contributed by atoms with Crippen LogP contribution in [0.15, 0.2) is 24.3 Å². The van der Waals surface area contributed by atoms with E-state index >= 15 is 0 Å². The topological polar surface area (TPSA) is 57.6 Å². The fourth-order valence-electron chi connectivity index (χ4n) is 2.30. The molecule has 1 heterocycles. The molecule has 0 spiro atoms. The summed E-state index contributed by atoms with van der Waals surface area (Å²) >= 11 is 0. The predicted molar refractivity (Wildman–Crippen MR) is 67.0 cm³/mol. The summed E-state index contributed by atoms with van der Waals surface area (Å²) in [5.74, 6) is -1.18. The standard InChI is InChI=1S/C14H17NO3/c1-10-3-2-4-11(7-10)8-15-9-12(14(17)18)5-6-13(15)16/h2-4,7,12H,5-6,8-9H2,1H3,(H,17,18). The minimum Gasteiger partial charge on any atom is -0.481 e. The number of aryl methyl sites for hydroxylation is 1. The number of hydrogen-bond acceptors (Lipinski definition) is 2. The number of carbonyl (C=O) groups excluding carboxylic acids is 1. The lowest BCUT2D eigenvalue weighted by molar-refractivity contribution is -0.147. The van der Waals surface area contributed by atoms with Gasteiger partial charge in [0.2, 0.25) is 5.91 Å². The second kappa shape index (κ2) is 5.21. The van der Waals surface area contributed by atoms with Gasteiger partial charge >= 0.3 is 5.97 Å². The van der Waals surface area contributed by atoms with Crippen molar-refractivity contribution in [2.75, 3.05) is 6.54 Å². The van der Waals surface area contributed by atoms with Crippen molar-refractivity contribution in [3.05, 3.63) is 35.4 Å². The van der Waals surface area contributed by atoms with Crippen molar-refractivity contribution in [3.8, 4) is 0 Å². The number of aliphatic carboxylic acids is 1. The lowest BCUT2D eigenvalue weighted by Gasteiger charge is -2.30. The summed E-state index contributed by atoms with van der Waals surface area (Å²) in [7, 11) is 0. The summed E-state index contributed by atoms with van der Waals surface area (Å²) < 4.78 is 0. The van der Waals surface area contributed by atoms with Gasteiger partial charge in [-0.05, 0) is 18.9 Å². The number of hydrogen-bond donors (Lipinski definition) is 1. The number of carbonyl (C=O) groups is 2. The molecule has 1 fully saturated rings. The highest BCUT2D eigenvalue weighted by molar-refractivity contribution is 5.80. The molecule has 1 unspecified atom stereocenters. The van der Waals surface area contributed by atoms with Crippen molar-refractivity contribution in [2.24, 2.45) is 5.92 Å². The Morgan fingerprint density at radius 3 is 2.94 bits per heavy atom. The lowest BCUT2D eigenvalue weighted by atomic mass is 9.97. The molecule has 0 aromatic heterocycles. The van der Waals surface area contributed by atoms with E-state index in [0.29, 0.717) is 25.9 Å². The molecule has 96 valence electrons. The number of benzene rings is 1. The Morgan fingerprint density at radius 1 is 1.50 bits per heavy atom. The predicted octanol–water partition coefficient (Wildman–Crippen LogP) is 1.82. The first-order valence-electron chi connectivity index (χ1n) is 6.12. The van der Waals surface area contributed by atoms with Gasteiger partial charge in [-0.3, -0.25) is 9.59 Å². The van der Waals surface area contributed by atoms with E-state index in [1.165, 1.54) is 0 Å². The van der Waals surface area contributed by atoms with Crippen LogP contribution >= 0.6 is 0 Å². The van der Waals surface area contributed by atoms with Crippen LogP contribution in [0.5, 0.6) is 0 Å². The number of nitrogens with zero attached hydrogens (tertiary/aromatic N) is 1. The Labute approximate surface area is 106 Å². The van der Waals surface area contributed by atoms with E-state index in [2.05, 4.69) is 0 Å². The average molecular weight is 247 g/mol. The third-order valence-corrected chi connectivity index (χ3v) is 3.31. The molecule has 1 aliphatic heterocycles. The molecule has 1 atom stereocenters. The highest BCUT2D eigenvalue weighted by Gasteiger charge is 2.29. The van der Waals surface area contributed by atoms with Crippen molar-refractivity contribution >= 4 is 11.9 Å². The van der Waals surface area contributed by atoms with Crippen LogP contribution in [0.2, 0.25) is 0 Å². The molecule has 0 aliphatic carbocycles. The molecule has 0 saturated carbocycles. The van der Waals surface area contributed by atoms with Gasteiger partial charge in [0, 0.05) is 19.5 Å². The fourth-order valence-corrected chi connectivity index (χ4v) is 2.30. The van der Waals surface area contributed by atoms with Gasteiger partial charge in [0.25, 0.3) is 0 Å². The van der Waals surface area contributed by atoms with Crippen LogP contribution in [0.25, 0.3) is 0 Å². The Balaban J connectivity index is 2.07. The average Bonchev–Trinajstić information content (AvgIpc) is 2.31. The number of carboxylic acids is 1. The Bertz CT molecular complexity index is 470. The number of likely N-dealkylation sites (tertiary alicyclic amines) is 1. The second-order valence-corrected chi connectivity index (χ2v) is 4.84. The number of piperidine rings is 1. The zero-order chi connectivity index (χ0) is 13.1. The summed E-state index contributed by atoms with van der Waals surface area (Å²) in [6.07, 6.45) is 0.793. The van der Waals surface area contributed by atoms with Crippen LogP contribution < -0.4 is 0 Å². The molecule has 1 aliphatic rings. The monoisotopic (exact) mass is 247 g/mol. The smallest absolute Gasteiger partial charge is 0.308 e. The van der Waals surface area contributed by atoms with Crippen LogP contribution in [0.3, 0.4) is 0 Å². The molecule has 4 nitrogen and oxygen atoms in total. The third-order valence-electron chi connectivity index (χ3n) is 3.31.